The molecule has 0 bridgehead atoms. The Morgan fingerprint density at radius 1 is 1.03 bits per heavy atom. The van der Waals surface area contributed by atoms with Gasteiger partial charge in [-0.3, -0.25) is 0 Å². The third kappa shape index (κ3) is 5.70. The second kappa shape index (κ2) is 11.4. The molecule has 1 N–H and O–H groups in total. The summed E-state index contributed by atoms with van der Waals surface area (Å²) in [4.78, 5) is 11.3. The van der Waals surface area contributed by atoms with Crippen LogP contribution in [0.5, 0.6) is 11.5 Å². The predicted molar refractivity (Wildman–Crippen MR) is 141 cm³/mol. The first-order valence-corrected chi connectivity index (χ1v) is 12.4. The zero-order valence-corrected chi connectivity index (χ0v) is 21.6. The maximum atomic E-state index is 11.3. The van der Waals surface area contributed by atoms with E-state index in [1.165, 1.54) is 7.11 Å². The summed E-state index contributed by atoms with van der Waals surface area (Å²) >= 11 is 12.6. The van der Waals surface area contributed by atoms with Gasteiger partial charge in [0.05, 0.1) is 19.3 Å². The van der Waals surface area contributed by atoms with E-state index in [2.05, 4.69) is 6.58 Å². The van der Waals surface area contributed by atoms with Crippen LogP contribution in [0.15, 0.2) is 78.9 Å². The summed E-state index contributed by atoms with van der Waals surface area (Å²) in [5.41, 5.74) is 3.71. The van der Waals surface area contributed by atoms with E-state index in [1.807, 2.05) is 61.5 Å². The second-order valence-electron chi connectivity index (χ2n) is 8.94. The minimum absolute atomic E-state index is 0.0343. The fraction of sp³-hybridized carbons (Fsp3) is 0.276. The van der Waals surface area contributed by atoms with Crippen molar-refractivity contribution >= 4 is 29.2 Å². The summed E-state index contributed by atoms with van der Waals surface area (Å²) in [6.07, 6.45) is -0.0353. The first kappa shape index (κ1) is 26.1. The van der Waals surface area contributed by atoms with Crippen molar-refractivity contribution < 1.29 is 24.1 Å². The van der Waals surface area contributed by atoms with Gasteiger partial charge in [0.2, 0.25) is 0 Å². The Balaban J connectivity index is 1.84. The van der Waals surface area contributed by atoms with Crippen molar-refractivity contribution in [3.8, 4) is 11.5 Å². The minimum Gasteiger partial charge on any atom is -0.493 e. The van der Waals surface area contributed by atoms with Crippen molar-refractivity contribution in [1.29, 1.82) is 0 Å². The molecule has 1 saturated heterocycles. The predicted octanol–water partition coefficient (Wildman–Crippen LogP) is 7.64. The number of ether oxygens (including phenoxy) is 3. The van der Waals surface area contributed by atoms with Gasteiger partial charge in [0.1, 0.15) is 0 Å². The number of aliphatic carboxylic acids is 1. The zero-order valence-electron chi connectivity index (χ0n) is 20.1. The van der Waals surface area contributed by atoms with Crippen molar-refractivity contribution in [3.63, 3.8) is 0 Å². The highest BCUT2D eigenvalue weighted by atomic mass is 35.5. The standard InChI is InChI=1S/C29H28Cl2O5/c1-17(2)22-15-23(18-9-11-20(30)12-10-18)27(19-7-5-4-6-8-19)36-28(22)24-13-21(31)14-25(34-3)29(24)35-16-26(32)33/h4-14,22-23,27-28H,1,15-16H2,2-3H3,(H,32,33)/t22-,23-,27+,28+/m1/s1. The van der Waals surface area contributed by atoms with Crippen molar-refractivity contribution in [2.45, 2.75) is 31.5 Å². The maximum absolute atomic E-state index is 11.3. The van der Waals surface area contributed by atoms with Crippen LogP contribution in [-0.2, 0) is 9.53 Å². The number of hydrogen-bond acceptors (Lipinski definition) is 4. The summed E-state index contributed by atoms with van der Waals surface area (Å²) in [6, 6.07) is 21.2. The van der Waals surface area contributed by atoms with Crippen LogP contribution in [0.3, 0.4) is 0 Å². The number of hydrogen-bond donors (Lipinski definition) is 1. The molecular weight excluding hydrogens is 499 g/mol. The molecule has 1 aliphatic rings. The number of carbonyl (C=O) groups is 1. The SMILES string of the molecule is C=C(C)[C@H]1C[C@H](c2ccc(Cl)cc2)[C@H](c2ccccc2)O[C@@H]1c1cc(Cl)cc(OC)c1OCC(=O)O. The van der Waals surface area contributed by atoms with E-state index < -0.39 is 18.7 Å². The van der Waals surface area contributed by atoms with Crippen LogP contribution in [-0.4, -0.2) is 24.8 Å². The van der Waals surface area contributed by atoms with Gasteiger partial charge in [0, 0.05) is 33.5 Å². The molecule has 188 valence electrons. The molecule has 4 rings (SSSR count). The Kier molecular flexibility index (Phi) is 8.24. The van der Waals surface area contributed by atoms with E-state index >= 15 is 0 Å². The fourth-order valence-electron chi connectivity index (χ4n) is 4.83. The van der Waals surface area contributed by atoms with E-state index in [4.69, 9.17) is 37.4 Å². The number of carboxylic acid groups (broad SMARTS) is 1. The van der Waals surface area contributed by atoms with Gasteiger partial charge in [-0.1, -0.05) is 77.8 Å². The minimum atomic E-state index is -1.09. The molecule has 0 saturated carbocycles. The van der Waals surface area contributed by atoms with Gasteiger partial charge < -0.3 is 19.3 Å². The lowest BCUT2D eigenvalue weighted by Gasteiger charge is -2.43. The summed E-state index contributed by atoms with van der Waals surface area (Å²) in [7, 11) is 1.49. The molecule has 1 aliphatic heterocycles. The summed E-state index contributed by atoms with van der Waals surface area (Å²) in [6.45, 7) is 5.71. The molecule has 0 aromatic heterocycles. The third-order valence-electron chi connectivity index (χ3n) is 6.51. The second-order valence-corrected chi connectivity index (χ2v) is 9.82. The molecule has 0 unspecified atom stereocenters. The van der Waals surface area contributed by atoms with Crippen molar-refractivity contribution in [2.24, 2.45) is 5.92 Å². The lowest BCUT2D eigenvalue weighted by Crippen LogP contribution is -2.32. The number of benzene rings is 3. The number of carboxylic acids is 1. The topological polar surface area (TPSA) is 65.0 Å². The molecule has 0 amide bonds. The van der Waals surface area contributed by atoms with E-state index in [0.717, 1.165) is 23.1 Å². The molecule has 5 nitrogen and oxygen atoms in total. The molecule has 4 atom stereocenters. The Labute approximate surface area is 221 Å². The zero-order chi connectivity index (χ0) is 25.8. The monoisotopic (exact) mass is 526 g/mol. The van der Waals surface area contributed by atoms with E-state index in [9.17, 15) is 9.90 Å². The molecule has 3 aromatic rings. The van der Waals surface area contributed by atoms with Crippen molar-refractivity contribution in [2.75, 3.05) is 13.7 Å². The highest BCUT2D eigenvalue weighted by Gasteiger charge is 2.42. The van der Waals surface area contributed by atoms with Gasteiger partial charge in [-0.2, -0.15) is 0 Å². The average molecular weight is 527 g/mol. The summed E-state index contributed by atoms with van der Waals surface area (Å²) in [5, 5.41) is 10.4. The molecule has 36 heavy (non-hydrogen) atoms. The average Bonchev–Trinajstić information content (AvgIpc) is 2.87. The molecule has 7 heteroatoms. The molecule has 1 heterocycles. The number of halogens is 2. The number of methoxy groups -OCH3 is 1. The first-order chi connectivity index (χ1) is 17.3. The molecule has 0 spiro atoms. The van der Waals surface area contributed by atoms with Gasteiger partial charge in [-0.15, -0.1) is 0 Å². The Bertz CT molecular complexity index is 1230. The van der Waals surface area contributed by atoms with Crippen LogP contribution in [0.25, 0.3) is 0 Å². The molecule has 0 aliphatic carbocycles. The van der Waals surface area contributed by atoms with Gasteiger partial charge in [0.25, 0.3) is 0 Å². The Hall–Kier alpha value is -2.99. The van der Waals surface area contributed by atoms with E-state index in [-0.39, 0.29) is 17.9 Å². The first-order valence-electron chi connectivity index (χ1n) is 11.6. The van der Waals surface area contributed by atoms with E-state index in [0.29, 0.717) is 27.1 Å². The lowest BCUT2D eigenvalue weighted by atomic mass is 9.74. The maximum Gasteiger partial charge on any atom is 0.341 e. The van der Waals surface area contributed by atoms with E-state index in [1.54, 1.807) is 12.1 Å². The smallest absolute Gasteiger partial charge is 0.341 e. The van der Waals surface area contributed by atoms with Gasteiger partial charge >= 0.3 is 5.97 Å². The molecule has 3 aromatic carbocycles. The van der Waals surface area contributed by atoms with Gasteiger partial charge in [-0.25, -0.2) is 4.79 Å². The number of rotatable bonds is 8. The lowest BCUT2D eigenvalue weighted by molar-refractivity contribution is -0.139. The Morgan fingerprint density at radius 3 is 2.33 bits per heavy atom. The highest BCUT2D eigenvalue weighted by molar-refractivity contribution is 6.31. The van der Waals surface area contributed by atoms with Crippen LogP contribution in [0.4, 0.5) is 0 Å². The molecule has 1 fully saturated rings. The Morgan fingerprint density at radius 2 is 1.72 bits per heavy atom. The van der Waals surface area contributed by atoms with Crippen LogP contribution >= 0.6 is 23.2 Å². The normalized spacial score (nSPS) is 21.6. The van der Waals surface area contributed by atoms with Crippen LogP contribution in [0, 0.1) is 5.92 Å². The van der Waals surface area contributed by atoms with Crippen LogP contribution in [0.1, 0.15) is 48.2 Å². The fourth-order valence-corrected chi connectivity index (χ4v) is 5.18. The third-order valence-corrected chi connectivity index (χ3v) is 6.98. The van der Waals surface area contributed by atoms with Crippen molar-refractivity contribution in [1.82, 2.24) is 0 Å². The van der Waals surface area contributed by atoms with Gasteiger partial charge in [0.15, 0.2) is 18.1 Å². The van der Waals surface area contributed by atoms with Crippen LogP contribution < -0.4 is 9.47 Å². The quantitative estimate of drug-likeness (QED) is 0.305. The highest BCUT2D eigenvalue weighted by Crippen LogP contribution is 2.54. The van der Waals surface area contributed by atoms with Crippen LogP contribution in [0.2, 0.25) is 10.0 Å². The summed E-state index contributed by atoms with van der Waals surface area (Å²) in [5.74, 6) is -0.506. The molecular formula is C29H28Cl2O5. The van der Waals surface area contributed by atoms with Crippen molar-refractivity contribution in [3.05, 3.63) is 106 Å². The van der Waals surface area contributed by atoms with Gasteiger partial charge in [-0.05, 0) is 42.7 Å². The largest absolute Gasteiger partial charge is 0.493 e. The summed E-state index contributed by atoms with van der Waals surface area (Å²) < 4.78 is 18.1. The molecule has 0 radical (unpaired) electrons.